The number of benzene rings is 1. The van der Waals surface area contributed by atoms with Crippen LogP contribution in [0.2, 0.25) is 0 Å². The SMILES string of the molecule is COc1cccc(F)c1Oc1ncccc1NCl. The van der Waals surface area contributed by atoms with E-state index < -0.39 is 5.82 Å². The van der Waals surface area contributed by atoms with Gasteiger partial charge in [-0.05, 0) is 24.3 Å². The second kappa shape index (κ2) is 5.55. The fourth-order valence-electron chi connectivity index (χ4n) is 1.39. The van der Waals surface area contributed by atoms with Crippen molar-refractivity contribution < 1.29 is 13.9 Å². The molecule has 0 aliphatic heterocycles. The highest BCUT2D eigenvalue weighted by atomic mass is 35.5. The van der Waals surface area contributed by atoms with E-state index in [1.54, 1.807) is 18.2 Å². The quantitative estimate of drug-likeness (QED) is 0.861. The van der Waals surface area contributed by atoms with Crippen LogP contribution in [0.1, 0.15) is 0 Å². The molecule has 0 unspecified atom stereocenters. The molecular formula is C12H10ClFN2O2. The number of hydrogen-bond acceptors (Lipinski definition) is 4. The molecule has 0 aliphatic carbocycles. The molecule has 0 radical (unpaired) electrons. The number of anilines is 1. The van der Waals surface area contributed by atoms with Gasteiger partial charge in [-0.15, -0.1) is 0 Å². The number of hydrogen-bond donors (Lipinski definition) is 1. The van der Waals surface area contributed by atoms with E-state index >= 15 is 0 Å². The molecule has 6 heteroatoms. The topological polar surface area (TPSA) is 43.4 Å². The molecular weight excluding hydrogens is 259 g/mol. The Balaban J connectivity index is 2.39. The van der Waals surface area contributed by atoms with Crippen molar-refractivity contribution in [1.82, 2.24) is 4.98 Å². The van der Waals surface area contributed by atoms with Crippen LogP contribution in [-0.2, 0) is 0 Å². The average Bonchev–Trinajstić information content (AvgIpc) is 2.41. The van der Waals surface area contributed by atoms with Crippen molar-refractivity contribution in [3.05, 3.63) is 42.3 Å². The number of pyridine rings is 1. The second-order valence-electron chi connectivity index (χ2n) is 3.32. The third kappa shape index (κ3) is 2.46. The summed E-state index contributed by atoms with van der Waals surface area (Å²) >= 11 is 5.52. The maximum atomic E-state index is 13.7. The van der Waals surface area contributed by atoms with Crippen LogP contribution in [0.4, 0.5) is 10.1 Å². The molecule has 4 nitrogen and oxygen atoms in total. The van der Waals surface area contributed by atoms with Crippen LogP contribution in [0.5, 0.6) is 17.4 Å². The van der Waals surface area contributed by atoms with Crippen LogP contribution in [0.3, 0.4) is 0 Å². The smallest absolute Gasteiger partial charge is 0.244 e. The first-order valence-corrected chi connectivity index (χ1v) is 5.46. The Hall–Kier alpha value is -2.01. The number of para-hydroxylation sites is 1. The zero-order valence-electron chi connectivity index (χ0n) is 9.48. The third-order valence-corrected chi connectivity index (χ3v) is 2.43. The van der Waals surface area contributed by atoms with Gasteiger partial charge >= 0.3 is 0 Å². The van der Waals surface area contributed by atoms with Gasteiger partial charge in [0.05, 0.1) is 7.11 Å². The van der Waals surface area contributed by atoms with Crippen LogP contribution in [0.25, 0.3) is 0 Å². The van der Waals surface area contributed by atoms with Crippen molar-refractivity contribution in [1.29, 1.82) is 0 Å². The molecule has 1 heterocycles. The normalized spacial score (nSPS) is 9.94. The molecule has 94 valence electrons. The number of methoxy groups -OCH3 is 1. The van der Waals surface area contributed by atoms with E-state index in [9.17, 15) is 4.39 Å². The van der Waals surface area contributed by atoms with Gasteiger partial charge in [0, 0.05) is 18.0 Å². The van der Waals surface area contributed by atoms with Gasteiger partial charge < -0.3 is 9.47 Å². The Morgan fingerprint density at radius 2 is 2.11 bits per heavy atom. The highest BCUT2D eigenvalue weighted by Crippen LogP contribution is 2.35. The molecule has 1 aromatic heterocycles. The lowest BCUT2D eigenvalue weighted by molar-refractivity contribution is 0.359. The molecule has 0 bridgehead atoms. The monoisotopic (exact) mass is 268 g/mol. The van der Waals surface area contributed by atoms with Crippen LogP contribution >= 0.6 is 11.8 Å². The van der Waals surface area contributed by atoms with Gasteiger partial charge in [-0.2, -0.15) is 0 Å². The molecule has 1 aromatic carbocycles. The Kier molecular flexibility index (Phi) is 3.84. The summed E-state index contributed by atoms with van der Waals surface area (Å²) in [6.07, 6.45) is 1.51. The summed E-state index contributed by atoms with van der Waals surface area (Å²) in [5, 5.41) is 0. The van der Waals surface area contributed by atoms with Crippen molar-refractivity contribution in [2.45, 2.75) is 0 Å². The maximum Gasteiger partial charge on any atom is 0.244 e. The zero-order valence-corrected chi connectivity index (χ0v) is 10.2. The third-order valence-electron chi connectivity index (χ3n) is 2.22. The van der Waals surface area contributed by atoms with Crippen molar-refractivity contribution in [2.24, 2.45) is 0 Å². The molecule has 2 aromatic rings. The standard InChI is InChI=1S/C12H10ClFN2O2/c1-17-10-6-2-4-8(14)11(10)18-12-9(16-13)5-3-7-15-12/h2-7,16H,1H3. The molecule has 0 atom stereocenters. The molecule has 0 saturated carbocycles. The van der Waals surface area contributed by atoms with E-state index in [2.05, 4.69) is 9.82 Å². The Bertz CT molecular complexity index is 551. The van der Waals surface area contributed by atoms with Crippen molar-refractivity contribution in [3.8, 4) is 17.4 Å². The molecule has 18 heavy (non-hydrogen) atoms. The Labute approximate surface area is 108 Å². The fourth-order valence-corrected chi connectivity index (χ4v) is 1.53. The largest absolute Gasteiger partial charge is 0.493 e. The summed E-state index contributed by atoms with van der Waals surface area (Å²) in [5.41, 5.74) is 0.435. The number of nitrogens with zero attached hydrogens (tertiary/aromatic N) is 1. The van der Waals surface area contributed by atoms with Crippen LogP contribution in [-0.4, -0.2) is 12.1 Å². The lowest BCUT2D eigenvalue weighted by Crippen LogP contribution is -1.97. The molecule has 1 N–H and O–H groups in total. The first kappa shape index (κ1) is 12.4. The molecule has 0 aliphatic rings. The minimum absolute atomic E-state index is 0.0353. The number of halogens is 2. The predicted octanol–water partition coefficient (Wildman–Crippen LogP) is 3.59. The van der Waals surface area contributed by atoms with E-state index in [1.807, 2.05) is 0 Å². The lowest BCUT2D eigenvalue weighted by Gasteiger charge is -2.11. The fraction of sp³-hybridized carbons (Fsp3) is 0.0833. The number of rotatable bonds is 4. The highest BCUT2D eigenvalue weighted by molar-refractivity contribution is 6.24. The summed E-state index contributed by atoms with van der Waals surface area (Å²) in [6, 6.07) is 7.72. The van der Waals surface area contributed by atoms with Crippen LogP contribution in [0.15, 0.2) is 36.5 Å². The first-order valence-electron chi connectivity index (χ1n) is 5.08. The Morgan fingerprint density at radius 3 is 2.83 bits per heavy atom. The van der Waals surface area contributed by atoms with Gasteiger partial charge in [0.25, 0.3) is 0 Å². The van der Waals surface area contributed by atoms with E-state index in [0.717, 1.165) is 0 Å². The van der Waals surface area contributed by atoms with Crippen LogP contribution in [0, 0.1) is 5.82 Å². The second-order valence-corrected chi connectivity index (χ2v) is 3.51. The van der Waals surface area contributed by atoms with Gasteiger partial charge in [0.2, 0.25) is 11.6 Å². The summed E-state index contributed by atoms with van der Waals surface area (Å²) in [7, 11) is 1.43. The number of ether oxygens (including phenoxy) is 2. The minimum Gasteiger partial charge on any atom is -0.493 e. The summed E-state index contributed by atoms with van der Waals surface area (Å²) in [6.45, 7) is 0. The summed E-state index contributed by atoms with van der Waals surface area (Å²) in [4.78, 5) is 6.36. The lowest BCUT2D eigenvalue weighted by atomic mass is 10.3. The molecule has 0 saturated heterocycles. The summed E-state index contributed by atoms with van der Waals surface area (Å²) < 4.78 is 24.1. The zero-order chi connectivity index (χ0) is 13.0. The highest BCUT2D eigenvalue weighted by Gasteiger charge is 2.14. The maximum absolute atomic E-state index is 13.7. The van der Waals surface area contributed by atoms with E-state index in [4.69, 9.17) is 21.3 Å². The Morgan fingerprint density at radius 1 is 1.28 bits per heavy atom. The van der Waals surface area contributed by atoms with E-state index in [-0.39, 0.29) is 17.4 Å². The van der Waals surface area contributed by atoms with Crippen molar-refractivity contribution >= 4 is 17.5 Å². The number of aromatic nitrogens is 1. The predicted molar refractivity (Wildman–Crippen MR) is 66.7 cm³/mol. The van der Waals surface area contributed by atoms with Gasteiger partial charge in [0.15, 0.2) is 11.6 Å². The van der Waals surface area contributed by atoms with Crippen molar-refractivity contribution in [3.63, 3.8) is 0 Å². The molecule has 0 fully saturated rings. The van der Waals surface area contributed by atoms with Gasteiger partial charge in [0.1, 0.15) is 5.69 Å². The number of nitrogens with one attached hydrogen (secondary N) is 1. The molecule has 2 rings (SSSR count). The van der Waals surface area contributed by atoms with Gasteiger partial charge in [-0.25, -0.2) is 9.37 Å². The minimum atomic E-state index is -0.541. The van der Waals surface area contributed by atoms with Gasteiger partial charge in [-0.3, -0.25) is 4.84 Å². The molecule has 0 spiro atoms. The average molecular weight is 269 g/mol. The van der Waals surface area contributed by atoms with E-state index in [0.29, 0.717) is 5.69 Å². The first-order chi connectivity index (χ1) is 8.76. The van der Waals surface area contributed by atoms with E-state index in [1.165, 1.54) is 25.4 Å². The van der Waals surface area contributed by atoms with Crippen LogP contribution < -0.4 is 14.3 Å². The van der Waals surface area contributed by atoms with Crippen molar-refractivity contribution in [2.75, 3.05) is 11.9 Å². The van der Waals surface area contributed by atoms with Gasteiger partial charge in [-0.1, -0.05) is 6.07 Å². The molecule has 0 amide bonds. The summed E-state index contributed by atoms with van der Waals surface area (Å²) in [5.74, 6) is -0.135.